The van der Waals surface area contributed by atoms with Gasteiger partial charge in [-0.2, -0.15) is 0 Å². The average Bonchev–Trinajstić information content (AvgIpc) is 3.44. The van der Waals surface area contributed by atoms with E-state index < -0.39 is 0 Å². The minimum Gasteiger partial charge on any atom is -0.493 e. The van der Waals surface area contributed by atoms with Crippen molar-refractivity contribution in [3.63, 3.8) is 0 Å². The maximum absolute atomic E-state index is 6.12. The van der Waals surface area contributed by atoms with Crippen molar-refractivity contribution in [2.24, 2.45) is 4.99 Å². The van der Waals surface area contributed by atoms with Gasteiger partial charge in [0.25, 0.3) is 0 Å². The Labute approximate surface area is 171 Å². The van der Waals surface area contributed by atoms with Gasteiger partial charge in [-0.1, -0.05) is 35.9 Å². The molecule has 0 spiro atoms. The summed E-state index contributed by atoms with van der Waals surface area (Å²) in [5.74, 6) is 2.21. The van der Waals surface area contributed by atoms with Crippen LogP contribution >= 0.6 is 0 Å². The van der Waals surface area contributed by atoms with Crippen molar-refractivity contribution in [1.29, 1.82) is 0 Å². The van der Waals surface area contributed by atoms with Gasteiger partial charge in [-0.3, -0.25) is 9.98 Å². The van der Waals surface area contributed by atoms with E-state index >= 15 is 0 Å². The fourth-order valence-corrected chi connectivity index (χ4v) is 4.24. The molecule has 2 aromatic carbocycles. The van der Waals surface area contributed by atoms with Crippen LogP contribution in [0, 0.1) is 6.92 Å². The smallest absolute Gasteiger partial charge is 0.126 e. The molecule has 146 valence electrons. The van der Waals surface area contributed by atoms with Crippen molar-refractivity contribution < 1.29 is 4.74 Å². The molecule has 0 fully saturated rings. The van der Waals surface area contributed by atoms with Crippen LogP contribution in [0.25, 0.3) is 11.1 Å². The number of aryl methyl sites for hydroxylation is 1. The highest BCUT2D eigenvalue weighted by Gasteiger charge is 2.27. The lowest BCUT2D eigenvalue weighted by molar-refractivity contribution is 0.352. The van der Waals surface area contributed by atoms with Crippen LogP contribution in [0.15, 0.2) is 65.8 Å². The molecule has 1 atom stereocenters. The number of nitrogens with zero attached hydrogens (tertiary/aromatic N) is 2. The molecule has 5 rings (SSSR count). The molecule has 0 radical (unpaired) electrons. The summed E-state index contributed by atoms with van der Waals surface area (Å²) in [5, 5.41) is 3.43. The van der Waals surface area contributed by atoms with Crippen LogP contribution in [0.5, 0.6) is 5.75 Å². The van der Waals surface area contributed by atoms with Gasteiger partial charge in [0.15, 0.2) is 0 Å². The summed E-state index contributed by atoms with van der Waals surface area (Å²) in [7, 11) is 0. The number of aromatic nitrogens is 1. The summed E-state index contributed by atoms with van der Waals surface area (Å²) in [6, 6.07) is 19.5. The van der Waals surface area contributed by atoms with Gasteiger partial charge in [0, 0.05) is 42.8 Å². The first kappa shape index (κ1) is 17.9. The summed E-state index contributed by atoms with van der Waals surface area (Å²) in [4.78, 5) is 9.35. The average molecular weight is 383 g/mol. The number of amidine groups is 1. The van der Waals surface area contributed by atoms with Crippen molar-refractivity contribution in [2.75, 3.05) is 19.7 Å². The standard InChI is InChI=1S/C25H25N3O/c1-17-5-7-18(8-6-17)20-14-19-9-13-29-25(19)22(15-20)21(16-24-27-11-12-28-24)23-4-2-3-10-26-23/h2-8,10,14-15,21H,9,11-13,16H2,1H3,(H,27,28). The first-order valence-electron chi connectivity index (χ1n) is 10.3. The second kappa shape index (κ2) is 7.70. The Hall–Kier alpha value is -3.14. The van der Waals surface area contributed by atoms with E-state index in [1.807, 2.05) is 12.3 Å². The maximum atomic E-state index is 6.12. The lowest BCUT2D eigenvalue weighted by Crippen LogP contribution is -2.22. The van der Waals surface area contributed by atoms with E-state index in [1.54, 1.807) is 0 Å². The molecule has 3 aromatic rings. The first-order valence-corrected chi connectivity index (χ1v) is 10.3. The third-order valence-corrected chi connectivity index (χ3v) is 5.76. The lowest BCUT2D eigenvalue weighted by Gasteiger charge is -2.21. The molecule has 0 saturated heterocycles. The normalized spacial score (nSPS) is 16.0. The zero-order valence-electron chi connectivity index (χ0n) is 16.7. The summed E-state index contributed by atoms with van der Waals surface area (Å²) < 4.78 is 6.12. The highest BCUT2D eigenvalue weighted by molar-refractivity contribution is 5.85. The number of nitrogens with one attached hydrogen (secondary N) is 1. The van der Waals surface area contributed by atoms with Gasteiger partial charge in [0.2, 0.25) is 0 Å². The van der Waals surface area contributed by atoms with Crippen LogP contribution < -0.4 is 10.1 Å². The number of aliphatic imine (C=N–C) groups is 1. The molecule has 1 aromatic heterocycles. The Morgan fingerprint density at radius 3 is 2.72 bits per heavy atom. The highest BCUT2D eigenvalue weighted by atomic mass is 16.5. The van der Waals surface area contributed by atoms with Crippen LogP contribution in [0.2, 0.25) is 0 Å². The Bertz CT molecular complexity index is 1040. The quantitative estimate of drug-likeness (QED) is 0.705. The Balaban J connectivity index is 1.63. The molecule has 2 aliphatic rings. The van der Waals surface area contributed by atoms with E-state index in [2.05, 4.69) is 65.8 Å². The Morgan fingerprint density at radius 2 is 1.97 bits per heavy atom. The number of fused-ring (bicyclic) bond motifs is 1. The maximum Gasteiger partial charge on any atom is 0.126 e. The van der Waals surface area contributed by atoms with Gasteiger partial charge in [-0.15, -0.1) is 0 Å². The minimum absolute atomic E-state index is 0.109. The van der Waals surface area contributed by atoms with Crippen LogP contribution in [0.1, 0.15) is 34.7 Å². The van der Waals surface area contributed by atoms with Crippen LogP contribution in [-0.4, -0.2) is 30.5 Å². The van der Waals surface area contributed by atoms with Crippen molar-refractivity contribution in [3.8, 4) is 16.9 Å². The number of rotatable bonds is 5. The molecule has 4 nitrogen and oxygen atoms in total. The monoisotopic (exact) mass is 383 g/mol. The van der Waals surface area contributed by atoms with Gasteiger partial charge < -0.3 is 10.1 Å². The summed E-state index contributed by atoms with van der Waals surface area (Å²) in [6.45, 7) is 4.64. The molecule has 0 amide bonds. The number of ether oxygens (including phenoxy) is 1. The molecule has 4 heteroatoms. The number of hydrogen-bond acceptors (Lipinski definition) is 4. The van der Waals surface area contributed by atoms with Crippen molar-refractivity contribution >= 4 is 5.84 Å². The predicted molar refractivity (Wildman–Crippen MR) is 117 cm³/mol. The molecular weight excluding hydrogens is 358 g/mol. The minimum atomic E-state index is 0.109. The van der Waals surface area contributed by atoms with E-state index in [9.17, 15) is 0 Å². The molecule has 0 aliphatic carbocycles. The zero-order chi connectivity index (χ0) is 19.6. The third-order valence-electron chi connectivity index (χ3n) is 5.76. The second-order valence-corrected chi connectivity index (χ2v) is 7.78. The van der Waals surface area contributed by atoms with Crippen molar-refractivity contribution in [3.05, 3.63) is 83.2 Å². The van der Waals surface area contributed by atoms with Crippen LogP contribution in [-0.2, 0) is 6.42 Å². The molecule has 1 N–H and O–H groups in total. The van der Waals surface area contributed by atoms with Crippen LogP contribution in [0.4, 0.5) is 0 Å². The van der Waals surface area contributed by atoms with Crippen molar-refractivity contribution in [1.82, 2.24) is 10.3 Å². The largest absolute Gasteiger partial charge is 0.493 e. The fraction of sp³-hybridized carbons (Fsp3) is 0.280. The van der Waals surface area contributed by atoms with E-state index in [0.717, 1.165) is 49.8 Å². The first-order chi connectivity index (χ1) is 14.3. The summed E-state index contributed by atoms with van der Waals surface area (Å²) >= 11 is 0. The topological polar surface area (TPSA) is 46.5 Å². The van der Waals surface area contributed by atoms with E-state index in [4.69, 9.17) is 9.72 Å². The Morgan fingerprint density at radius 1 is 1.07 bits per heavy atom. The van der Waals surface area contributed by atoms with E-state index in [1.165, 1.54) is 27.8 Å². The van der Waals surface area contributed by atoms with E-state index in [0.29, 0.717) is 0 Å². The Kier molecular flexibility index (Phi) is 4.76. The number of pyridine rings is 1. The third kappa shape index (κ3) is 3.63. The molecule has 0 saturated carbocycles. The van der Waals surface area contributed by atoms with Crippen molar-refractivity contribution in [2.45, 2.75) is 25.7 Å². The molecule has 2 aliphatic heterocycles. The second-order valence-electron chi connectivity index (χ2n) is 7.78. The van der Waals surface area contributed by atoms with Gasteiger partial charge >= 0.3 is 0 Å². The zero-order valence-corrected chi connectivity index (χ0v) is 16.7. The number of hydrogen-bond donors (Lipinski definition) is 1. The lowest BCUT2D eigenvalue weighted by atomic mass is 9.86. The highest BCUT2D eigenvalue weighted by Crippen LogP contribution is 2.41. The summed E-state index contributed by atoms with van der Waals surface area (Å²) in [6.07, 6.45) is 3.64. The van der Waals surface area contributed by atoms with Gasteiger partial charge in [0.1, 0.15) is 5.75 Å². The SMILES string of the molecule is Cc1ccc(-c2cc3c(c(C(CC4=NCCN4)c4ccccn4)c2)OCC3)cc1. The van der Waals surface area contributed by atoms with E-state index in [-0.39, 0.29) is 5.92 Å². The number of benzene rings is 2. The van der Waals surface area contributed by atoms with Gasteiger partial charge in [-0.25, -0.2) is 0 Å². The molecule has 29 heavy (non-hydrogen) atoms. The van der Waals surface area contributed by atoms with Gasteiger partial charge in [0.05, 0.1) is 19.0 Å². The molecule has 0 bridgehead atoms. The fourth-order valence-electron chi connectivity index (χ4n) is 4.24. The predicted octanol–water partition coefficient (Wildman–Crippen LogP) is 4.52. The molecule has 3 heterocycles. The molecular formula is C25H25N3O. The van der Waals surface area contributed by atoms with Crippen LogP contribution in [0.3, 0.4) is 0 Å². The molecule has 1 unspecified atom stereocenters. The summed E-state index contributed by atoms with van der Waals surface area (Å²) in [5.41, 5.74) is 7.32. The van der Waals surface area contributed by atoms with Gasteiger partial charge in [-0.05, 0) is 47.9 Å².